The minimum absolute atomic E-state index is 0.0493. The van der Waals surface area contributed by atoms with Gasteiger partial charge in [-0.1, -0.05) is 32.0 Å². The number of H-pyrrole nitrogens is 2. The molecule has 360 valence electrons. The number of thioether (sulfide) groups is 1. The predicted octanol–water partition coefficient (Wildman–Crippen LogP) is -2.59. The first-order valence-electron chi connectivity index (χ1n) is 21.1. The van der Waals surface area contributed by atoms with Crippen LogP contribution in [-0.4, -0.2) is 135 Å². The summed E-state index contributed by atoms with van der Waals surface area (Å²) in [6.45, 7) is 6.60. The Morgan fingerprint density at radius 2 is 1.29 bits per heavy atom. The Bertz CT molecular complexity index is 2200. The first kappa shape index (κ1) is 53.4. The number of nitrogens with one attached hydrogen (secondary N) is 10. The van der Waals surface area contributed by atoms with Gasteiger partial charge in [-0.3, -0.25) is 47.9 Å². The lowest BCUT2D eigenvalue weighted by Gasteiger charge is -2.26. The highest BCUT2D eigenvalue weighted by atomic mass is 32.2. The number of imidazole rings is 1. The highest BCUT2D eigenvalue weighted by molar-refractivity contribution is 7.98. The van der Waals surface area contributed by atoms with E-state index in [4.69, 9.17) is 11.5 Å². The highest BCUT2D eigenvalue weighted by Crippen LogP contribution is 2.19. The summed E-state index contributed by atoms with van der Waals surface area (Å²) in [5.41, 5.74) is 12.6. The predicted molar refractivity (Wildman–Crippen MR) is 243 cm³/mol. The molecule has 0 aliphatic heterocycles. The molecule has 0 radical (unpaired) electrons. The fraction of sp³-hybridized carbons (Fsp3) is 0.500. The number of hydrogen-bond acceptors (Lipinski definition) is 12. The van der Waals surface area contributed by atoms with E-state index in [2.05, 4.69) is 57.5 Å². The molecule has 14 N–H and O–H groups in total. The van der Waals surface area contributed by atoms with E-state index in [-0.39, 0.29) is 32.1 Å². The Labute approximate surface area is 385 Å². The van der Waals surface area contributed by atoms with Crippen molar-refractivity contribution in [3.05, 3.63) is 54.2 Å². The molecule has 2 heterocycles. The fourth-order valence-corrected chi connectivity index (χ4v) is 7.01. The molecule has 0 fully saturated rings. The zero-order valence-electron chi connectivity index (χ0n) is 37.7. The summed E-state index contributed by atoms with van der Waals surface area (Å²) >= 11 is 1.46. The minimum Gasteiger partial charge on any atom is -0.370 e. The van der Waals surface area contributed by atoms with E-state index in [0.717, 1.165) is 10.9 Å². The van der Waals surface area contributed by atoms with Crippen LogP contribution in [0.3, 0.4) is 0 Å². The maximum Gasteiger partial charge on any atom is 0.243 e. The second-order valence-electron chi connectivity index (χ2n) is 15.9. The number of hydrogen-bond donors (Lipinski definition) is 12. The number of nitrogens with zero attached hydrogens (tertiary/aromatic N) is 1. The summed E-state index contributed by atoms with van der Waals surface area (Å²) in [6, 6.07) is -1.05. The van der Waals surface area contributed by atoms with E-state index in [9.17, 15) is 47.9 Å². The standard InChI is InChI=1S/C42H61N13O10S/c1-21(2)35(42(65)47-19-34(58)52-32(16-26-18-45-20-48-26)41(64)49-22(3)37(60)53-29(36(44)59)13-14-66-6)55-38(61)23(4)50-40(63)31(15-25-17-46-28-10-8-7-9-27(25)28)54-39(62)30(51-24(5)56)11-12-33(43)57/h7-10,17-18,20-23,29-32,35,46H,11-16,19H2,1-6H3,(H2,43,57)(H2,44,59)(H,45,48)(H,47,65)(H,49,64)(H,50,63)(H,51,56)(H,52,58)(H,53,60)(H,54,62)(H,55,61)/t22-,23-,29-,30-,31-,32-,35-/m0/s1. The molecule has 0 spiro atoms. The van der Waals surface area contributed by atoms with Gasteiger partial charge in [0.1, 0.15) is 42.3 Å². The van der Waals surface area contributed by atoms with Crippen LogP contribution in [0.1, 0.15) is 65.1 Å². The van der Waals surface area contributed by atoms with Crippen molar-refractivity contribution < 1.29 is 47.9 Å². The fourth-order valence-electron chi connectivity index (χ4n) is 6.54. The quantitative estimate of drug-likeness (QED) is 0.0375. The number of carbonyl (C=O) groups excluding carboxylic acids is 10. The molecule has 0 unspecified atom stereocenters. The van der Waals surface area contributed by atoms with Gasteiger partial charge < -0.3 is 64.0 Å². The van der Waals surface area contributed by atoms with Crippen LogP contribution >= 0.6 is 11.8 Å². The van der Waals surface area contributed by atoms with E-state index >= 15 is 0 Å². The third kappa shape index (κ3) is 17.2. The molecule has 3 aromatic rings. The maximum absolute atomic E-state index is 13.9. The number of carbonyl (C=O) groups is 10. The van der Waals surface area contributed by atoms with Crippen LogP contribution in [0.5, 0.6) is 0 Å². The number of rotatable bonds is 27. The molecule has 0 bridgehead atoms. The van der Waals surface area contributed by atoms with Gasteiger partial charge in [-0.15, -0.1) is 0 Å². The maximum atomic E-state index is 13.9. The second kappa shape index (κ2) is 26.1. The topological polar surface area (TPSA) is 363 Å². The van der Waals surface area contributed by atoms with Crippen LogP contribution in [-0.2, 0) is 60.8 Å². The molecule has 66 heavy (non-hydrogen) atoms. The zero-order valence-corrected chi connectivity index (χ0v) is 38.5. The van der Waals surface area contributed by atoms with Gasteiger partial charge in [0.25, 0.3) is 0 Å². The first-order chi connectivity index (χ1) is 31.2. The molecule has 24 heteroatoms. The Balaban J connectivity index is 1.68. The molecule has 3 rings (SSSR count). The van der Waals surface area contributed by atoms with Crippen molar-refractivity contribution in [3.63, 3.8) is 0 Å². The molecule has 10 amide bonds. The average Bonchev–Trinajstić information content (AvgIpc) is 3.93. The Morgan fingerprint density at radius 1 is 0.682 bits per heavy atom. The van der Waals surface area contributed by atoms with Gasteiger partial charge in [0.2, 0.25) is 59.1 Å². The van der Waals surface area contributed by atoms with Gasteiger partial charge in [-0.2, -0.15) is 11.8 Å². The van der Waals surface area contributed by atoms with Crippen molar-refractivity contribution in [3.8, 4) is 0 Å². The largest absolute Gasteiger partial charge is 0.370 e. The lowest BCUT2D eigenvalue weighted by Crippen LogP contribution is -2.59. The average molecular weight is 940 g/mol. The van der Waals surface area contributed by atoms with Crippen molar-refractivity contribution in [2.75, 3.05) is 18.6 Å². The molecule has 0 saturated carbocycles. The van der Waals surface area contributed by atoms with Crippen LogP contribution in [0, 0.1) is 5.92 Å². The highest BCUT2D eigenvalue weighted by Gasteiger charge is 2.32. The summed E-state index contributed by atoms with van der Waals surface area (Å²) < 4.78 is 0. The van der Waals surface area contributed by atoms with E-state index in [1.807, 2.05) is 24.5 Å². The van der Waals surface area contributed by atoms with Gasteiger partial charge in [0, 0.05) is 55.2 Å². The lowest BCUT2D eigenvalue weighted by molar-refractivity contribution is -0.135. The molecule has 0 saturated heterocycles. The molecular formula is C42H61N13O10S. The number of primary amides is 2. The van der Waals surface area contributed by atoms with Gasteiger partial charge in [-0.25, -0.2) is 4.98 Å². The van der Waals surface area contributed by atoms with E-state index in [1.165, 1.54) is 45.1 Å². The summed E-state index contributed by atoms with van der Waals surface area (Å²) in [7, 11) is 0. The van der Waals surface area contributed by atoms with E-state index in [1.54, 1.807) is 26.1 Å². The van der Waals surface area contributed by atoms with Crippen molar-refractivity contribution >= 4 is 81.7 Å². The molecule has 0 aliphatic carbocycles. The third-order valence-electron chi connectivity index (χ3n) is 10.2. The van der Waals surface area contributed by atoms with Gasteiger partial charge in [0.15, 0.2) is 0 Å². The van der Waals surface area contributed by atoms with Crippen LogP contribution in [0.25, 0.3) is 10.9 Å². The molecular weight excluding hydrogens is 879 g/mol. The Hall–Kier alpha value is -6.98. The molecule has 0 aliphatic rings. The van der Waals surface area contributed by atoms with Crippen molar-refractivity contribution in [2.24, 2.45) is 17.4 Å². The van der Waals surface area contributed by atoms with E-state index in [0.29, 0.717) is 17.0 Å². The monoisotopic (exact) mass is 939 g/mol. The summed E-state index contributed by atoms with van der Waals surface area (Å²) in [5, 5.41) is 21.1. The zero-order chi connectivity index (χ0) is 49.1. The van der Waals surface area contributed by atoms with E-state index < -0.39 is 114 Å². The first-order valence-corrected chi connectivity index (χ1v) is 22.5. The van der Waals surface area contributed by atoms with Crippen molar-refractivity contribution in [1.29, 1.82) is 0 Å². The Morgan fingerprint density at radius 3 is 1.86 bits per heavy atom. The molecule has 7 atom stereocenters. The minimum atomic E-state index is -1.29. The summed E-state index contributed by atoms with van der Waals surface area (Å²) in [5.74, 6) is -7.29. The van der Waals surface area contributed by atoms with Crippen LogP contribution in [0.2, 0.25) is 0 Å². The number of amides is 10. The number of aromatic amines is 2. The molecule has 2 aromatic heterocycles. The summed E-state index contributed by atoms with van der Waals surface area (Å²) in [6.07, 6.45) is 6.10. The smallest absolute Gasteiger partial charge is 0.243 e. The number of nitrogens with two attached hydrogens (primary N) is 2. The number of benzene rings is 1. The summed E-state index contributed by atoms with van der Waals surface area (Å²) in [4.78, 5) is 139. The normalized spacial score (nSPS) is 14.2. The van der Waals surface area contributed by atoms with Gasteiger partial charge in [0.05, 0.1) is 12.9 Å². The lowest BCUT2D eigenvalue weighted by atomic mass is 10.0. The number of fused-ring (bicyclic) bond motifs is 1. The Kier molecular flexibility index (Phi) is 21.1. The molecule has 1 aromatic carbocycles. The van der Waals surface area contributed by atoms with Crippen molar-refractivity contribution in [1.82, 2.24) is 57.5 Å². The van der Waals surface area contributed by atoms with Crippen LogP contribution in [0.4, 0.5) is 0 Å². The number of para-hydroxylation sites is 1. The third-order valence-corrected chi connectivity index (χ3v) is 10.8. The molecule has 23 nitrogen and oxygen atoms in total. The number of aromatic nitrogens is 3. The second-order valence-corrected chi connectivity index (χ2v) is 16.9. The van der Waals surface area contributed by atoms with Crippen molar-refractivity contribution in [2.45, 2.75) is 109 Å². The van der Waals surface area contributed by atoms with Crippen LogP contribution in [0.15, 0.2) is 43.0 Å². The SMILES string of the molecule is CSCC[C@H](NC(=O)[C@H](C)NC(=O)[C@H](Cc1cnc[nH]1)NC(=O)CNC(=O)[C@@H](NC(=O)[C@H](C)NC(=O)[C@H](Cc1c[nH]c2ccccc12)NC(=O)[C@H](CCC(N)=O)NC(C)=O)C(C)C)C(N)=O. The van der Waals surface area contributed by atoms with Gasteiger partial charge in [-0.05, 0) is 56.2 Å². The van der Waals surface area contributed by atoms with Crippen LogP contribution < -0.4 is 54.0 Å². The van der Waals surface area contributed by atoms with Gasteiger partial charge >= 0.3 is 0 Å².